The molecule has 0 saturated heterocycles. The molecule has 0 atom stereocenters. The van der Waals surface area contributed by atoms with Crippen molar-refractivity contribution in [2.24, 2.45) is 0 Å². The molecule has 0 aliphatic rings. The van der Waals surface area contributed by atoms with E-state index in [-0.39, 0.29) is 24.7 Å². The summed E-state index contributed by atoms with van der Waals surface area (Å²) in [4.78, 5) is 0. The summed E-state index contributed by atoms with van der Waals surface area (Å²) < 4.78 is 61.9. The highest BCUT2D eigenvalue weighted by atomic mass is 19.3. The summed E-state index contributed by atoms with van der Waals surface area (Å²) in [5.41, 5.74) is -1.65. The van der Waals surface area contributed by atoms with Gasteiger partial charge in [0.1, 0.15) is 18.1 Å². The quantitative estimate of drug-likeness (QED) is 0.539. The molecule has 0 spiro atoms. The molecule has 0 saturated carbocycles. The molecule has 0 bridgehead atoms. The van der Waals surface area contributed by atoms with Gasteiger partial charge in [0.25, 0.3) is 12.9 Å². The first-order valence-corrected chi connectivity index (χ1v) is 5.62. The summed E-state index contributed by atoms with van der Waals surface area (Å²) in [6.45, 7) is 5.01. The lowest BCUT2D eigenvalue weighted by Gasteiger charge is -2.17. The lowest BCUT2D eigenvalue weighted by Crippen LogP contribution is -2.06. The normalized spacial score (nSPS) is 10.9. The number of benzene rings is 1. The van der Waals surface area contributed by atoms with Crippen LogP contribution in [0.3, 0.4) is 0 Å². The zero-order valence-corrected chi connectivity index (χ0v) is 10.3. The van der Waals surface area contributed by atoms with Gasteiger partial charge in [-0.25, -0.2) is 17.6 Å². The van der Waals surface area contributed by atoms with Crippen molar-refractivity contribution in [1.29, 1.82) is 0 Å². The molecule has 1 aromatic rings. The van der Waals surface area contributed by atoms with Crippen LogP contribution in [0.25, 0.3) is 0 Å². The third-order valence-electron chi connectivity index (χ3n) is 2.30. The predicted molar refractivity (Wildman–Crippen MR) is 63.2 cm³/mol. The van der Waals surface area contributed by atoms with Crippen molar-refractivity contribution < 1.29 is 27.0 Å². The van der Waals surface area contributed by atoms with E-state index >= 15 is 0 Å². The Balaban J connectivity index is 3.35. The van der Waals surface area contributed by atoms with E-state index in [0.717, 1.165) is 0 Å². The van der Waals surface area contributed by atoms with E-state index in [2.05, 4.69) is 6.58 Å². The van der Waals surface area contributed by atoms with Crippen LogP contribution in [-0.2, 0) is 0 Å². The second kappa shape index (κ2) is 7.01. The average Bonchev–Trinajstić information content (AvgIpc) is 2.36. The van der Waals surface area contributed by atoms with E-state index in [1.54, 1.807) is 6.92 Å². The molecule has 0 N–H and O–H groups in total. The molecule has 19 heavy (non-hydrogen) atoms. The summed E-state index contributed by atoms with van der Waals surface area (Å²) >= 11 is 0. The van der Waals surface area contributed by atoms with Crippen molar-refractivity contribution in [1.82, 2.24) is 0 Å². The smallest absolute Gasteiger partial charge is 0.268 e. The Labute approximate surface area is 108 Å². The van der Waals surface area contributed by atoms with E-state index in [0.29, 0.717) is 0 Å². The predicted octanol–water partition coefficient (Wildman–Crippen LogP) is 4.53. The second-order valence-electron chi connectivity index (χ2n) is 3.52. The van der Waals surface area contributed by atoms with Crippen LogP contribution >= 0.6 is 0 Å². The topological polar surface area (TPSA) is 18.5 Å². The molecule has 0 aliphatic heterocycles. The van der Waals surface area contributed by atoms with Crippen molar-refractivity contribution in [3.8, 4) is 11.5 Å². The monoisotopic (exact) mass is 278 g/mol. The van der Waals surface area contributed by atoms with Gasteiger partial charge in [-0.3, -0.25) is 0 Å². The van der Waals surface area contributed by atoms with Gasteiger partial charge in [-0.2, -0.15) is 0 Å². The molecule has 1 rings (SSSR count). The van der Waals surface area contributed by atoms with E-state index in [4.69, 9.17) is 9.47 Å². The van der Waals surface area contributed by atoms with Gasteiger partial charge in [0, 0.05) is 0 Å². The van der Waals surface area contributed by atoms with Gasteiger partial charge in [0.2, 0.25) is 0 Å². The van der Waals surface area contributed by atoms with Gasteiger partial charge in [-0.1, -0.05) is 12.7 Å². The Hall–Kier alpha value is -1.72. The van der Waals surface area contributed by atoms with E-state index < -0.39 is 24.0 Å². The standard InChI is InChI=1S/C13H14F4O2/c1-3-7-19-9-6-5-8(18-4-2)10(12(14)15)11(9)13(16)17/h3,5-6,12-13H,1,4,7H2,2H3. The molecule has 0 fully saturated rings. The summed E-state index contributed by atoms with van der Waals surface area (Å²) in [6.07, 6.45) is -4.81. The highest BCUT2D eigenvalue weighted by Gasteiger charge is 2.28. The Morgan fingerprint density at radius 2 is 1.53 bits per heavy atom. The van der Waals surface area contributed by atoms with Crippen LogP contribution < -0.4 is 9.47 Å². The molecule has 1 aromatic carbocycles. The van der Waals surface area contributed by atoms with Gasteiger partial charge < -0.3 is 9.47 Å². The summed E-state index contributed by atoms with van der Waals surface area (Å²) in [5.74, 6) is -0.535. The fraction of sp³-hybridized carbons (Fsp3) is 0.385. The minimum absolute atomic E-state index is 0.0453. The van der Waals surface area contributed by atoms with Crippen LogP contribution in [0.1, 0.15) is 30.9 Å². The maximum atomic E-state index is 13.0. The van der Waals surface area contributed by atoms with Gasteiger partial charge in [-0.05, 0) is 19.1 Å². The van der Waals surface area contributed by atoms with Gasteiger partial charge >= 0.3 is 0 Å². The Kier molecular flexibility index (Phi) is 5.66. The fourth-order valence-electron chi connectivity index (χ4n) is 1.60. The average molecular weight is 278 g/mol. The number of hydrogen-bond acceptors (Lipinski definition) is 2. The third-order valence-corrected chi connectivity index (χ3v) is 2.30. The summed E-state index contributed by atoms with van der Waals surface area (Å²) in [6, 6.07) is 2.40. The van der Waals surface area contributed by atoms with E-state index in [1.807, 2.05) is 0 Å². The zero-order chi connectivity index (χ0) is 14.4. The molecule has 0 amide bonds. The van der Waals surface area contributed by atoms with Crippen LogP contribution in [0, 0.1) is 0 Å². The lowest BCUT2D eigenvalue weighted by molar-refractivity contribution is 0.116. The van der Waals surface area contributed by atoms with Gasteiger partial charge in [0.15, 0.2) is 0 Å². The van der Waals surface area contributed by atoms with Crippen LogP contribution in [0.2, 0.25) is 0 Å². The minimum Gasteiger partial charge on any atom is -0.493 e. The number of hydrogen-bond donors (Lipinski definition) is 0. The van der Waals surface area contributed by atoms with E-state index in [9.17, 15) is 17.6 Å². The van der Waals surface area contributed by atoms with Crippen molar-refractivity contribution >= 4 is 0 Å². The lowest BCUT2D eigenvalue weighted by atomic mass is 10.1. The zero-order valence-electron chi connectivity index (χ0n) is 10.3. The molecule has 0 unspecified atom stereocenters. The Bertz CT molecular complexity index is 433. The molecule has 0 heterocycles. The van der Waals surface area contributed by atoms with Crippen molar-refractivity contribution in [2.45, 2.75) is 19.8 Å². The summed E-state index contributed by atoms with van der Waals surface area (Å²) in [7, 11) is 0. The first-order chi connectivity index (χ1) is 9.02. The van der Waals surface area contributed by atoms with Crippen LogP contribution in [-0.4, -0.2) is 13.2 Å². The largest absolute Gasteiger partial charge is 0.493 e. The Morgan fingerprint density at radius 3 is 1.89 bits per heavy atom. The first-order valence-electron chi connectivity index (χ1n) is 5.62. The number of rotatable bonds is 7. The van der Waals surface area contributed by atoms with Gasteiger partial charge in [-0.15, -0.1) is 0 Å². The minimum atomic E-state index is -3.08. The van der Waals surface area contributed by atoms with Crippen molar-refractivity contribution in [2.75, 3.05) is 13.2 Å². The van der Waals surface area contributed by atoms with Crippen LogP contribution in [0.15, 0.2) is 24.8 Å². The molecular weight excluding hydrogens is 264 g/mol. The fourth-order valence-corrected chi connectivity index (χ4v) is 1.60. The maximum absolute atomic E-state index is 13.0. The molecule has 6 heteroatoms. The molecule has 2 nitrogen and oxygen atoms in total. The van der Waals surface area contributed by atoms with Crippen LogP contribution in [0.5, 0.6) is 11.5 Å². The molecule has 0 aromatic heterocycles. The first kappa shape index (κ1) is 15.3. The molecule has 0 radical (unpaired) electrons. The molecule has 106 valence electrons. The van der Waals surface area contributed by atoms with Gasteiger partial charge in [0.05, 0.1) is 17.7 Å². The highest BCUT2D eigenvalue weighted by molar-refractivity contribution is 5.50. The molecule has 0 aliphatic carbocycles. The Morgan fingerprint density at radius 1 is 1.05 bits per heavy atom. The number of alkyl halides is 4. The van der Waals surface area contributed by atoms with Crippen molar-refractivity contribution in [3.63, 3.8) is 0 Å². The summed E-state index contributed by atoms with van der Waals surface area (Å²) in [5, 5.41) is 0. The number of ether oxygens (including phenoxy) is 2. The second-order valence-corrected chi connectivity index (χ2v) is 3.52. The van der Waals surface area contributed by atoms with Crippen molar-refractivity contribution in [3.05, 3.63) is 35.9 Å². The maximum Gasteiger partial charge on any atom is 0.268 e. The van der Waals surface area contributed by atoms with Crippen LogP contribution in [0.4, 0.5) is 17.6 Å². The molecular formula is C13H14F4O2. The SMILES string of the molecule is C=CCOc1ccc(OCC)c(C(F)F)c1C(F)F. The highest BCUT2D eigenvalue weighted by Crippen LogP contribution is 2.42. The van der Waals surface area contributed by atoms with E-state index in [1.165, 1.54) is 18.2 Å². The third kappa shape index (κ3) is 3.62. The number of halogens is 4.